The highest BCUT2D eigenvalue weighted by Crippen LogP contribution is 2.38. The van der Waals surface area contributed by atoms with Crippen LogP contribution >= 0.6 is 23.2 Å². The van der Waals surface area contributed by atoms with Gasteiger partial charge in [0.1, 0.15) is 24.7 Å². The number of fused-ring (bicyclic) bond motifs is 2. The summed E-state index contributed by atoms with van der Waals surface area (Å²) in [5, 5.41) is 4.87. The largest absolute Gasteiger partial charge is 0.490 e. The Hall–Kier alpha value is -4.05. The second-order valence-corrected chi connectivity index (χ2v) is 14.4. The zero-order valence-electron chi connectivity index (χ0n) is 29.4. The van der Waals surface area contributed by atoms with Crippen molar-refractivity contribution in [3.05, 3.63) is 98.5 Å². The summed E-state index contributed by atoms with van der Waals surface area (Å²) in [5.41, 5.74) is 5.74. The maximum atomic E-state index is 14.7. The van der Waals surface area contributed by atoms with Crippen molar-refractivity contribution < 1.29 is 28.6 Å². The molecule has 1 aliphatic carbocycles. The van der Waals surface area contributed by atoms with E-state index in [1.807, 2.05) is 84.3 Å². The van der Waals surface area contributed by atoms with Gasteiger partial charge in [-0.3, -0.25) is 14.4 Å². The lowest BCUT2D eigenvalue weighted by atomic mass is 9.82. The van der Waals surface area contributed by atoms with Crippen molar-refractivity contribution in [1.29, 1.82) is 0 Å². The van der Waals surface area contributed by atoms with E-state index in [4.69, 9.17) is 37.4 Å². The van der Waals surface area contributed by atoms with Gasteiger partial charge >= 0.3 is 5.97 Å². The number of amides is 2. The number of nitrogens with one attached hydrogen (secondary N) is 1. The molecule has 2 bridgehead atoms. The highest BCUT2D eigenvalue weighted by molar-refractivity contribution is 6.32. The summed E-state index contributed by atoms with van der Waals surface area (Å²) in [5.74, 6) is 0.941. The van der Waals surface area contributed by atoms with Gasteiger partial charge in [-0.1, -0.05) is 53.5 Å². The Morgan fingerprint density at radius 2 is 1.63 bits per heavy atom. The van der Waals surface area contributed by atoms with Gasteiger partial charge in [0.05, 0.1) is 18.2 Å². The first-order valence-electron chi connectivity index (χ1n) is 17.6. The second kappa shape index (κ2) is 16.5. The van der Waals surface area contributed by atoms with Crippen molar-refractivity contribution in [2.75, 3.05) is 33.4 Å². The first-order valence-corrected chi connectivity index (χ1v) is 18.4. The first-order chi connectivity index (χ1) is 24.6. The van der Waals surface area contributed by atoms with Crippen molar-refractivity contribution in [2.24, 2.45) is 0 Å². The predicted molar refractivity (Wildman–Crippen MR) is 198 cm³/mol. The number of benzene rings is 3. The molecule has 2 aliphatic heterocycles. The molecule has 2 heterocycles. The van der Waals surface area contributed by atoms with E-state index in [-0.39, 0.29) is 48.8 Å². The van der Waals surface area contributed by atoms with Gasteiger partial charge in [-0.25, -0.2) is 0 Å². The van der Waals surface area contributed by atoms with Crippen LogP contribution < -0.4 is 14.8 Å². The number of piperazine rings is 1. The van der Waals surface area contributed by atoms with E-state index >= 15 is 0 Å². The van der Waals surface area contributed by atoms with Gasteiger partial charge in [0.15, 0.2) is 0 Å². The molecule has 0 spiro atoms. The van der Waals surface area contributed by atoms with Crippen molar-refractivity contribution in [3.8, 4) is 11.5 Å². The molecular formula is C40H45Cl2N3O6. The van der Waals surface area contributed by atoms with Gasteiger partial charge in [0, 0.05) is 55.2 Å². The van der Waals surface area contributed by atoms with E-state index in [1.54, 1.807) is 0 Å². The summed E-state index contributed by atoms with van der Waals surface area (Å²) < 4.78 is 16.6. The van der Waals surface area contributed by atoms with Gasteiger partial charge in [0.25, 0.3) is 5.91 Å². The molecule has 0 aromatic heterocycles. The average molecular weight is 735 g/mol. The lowest BCUT2D eigenvalue weighted by Gasteiger charge is -2.45. The Labute approximate surface area is 309 Å². The first kappa shape index (κ1) is 36.7. The lowest BCUT2D eigenvalue weighted by Crippen LogP contribution is -2.62. The Kier molecular flexibility index (Phi) is 11.9. The fraction of sp³-hybridized carbons (Fsp3) is 0.425. The fourth-order valence-corrected chi connectivity index (χ4v) is 7.33. The monoisotopic (exact) mass is 733 g/mol. The number of nitrogens with zero attached hydrogens (tertiary/aromatic N) is 2. The van der Waals surface area contributed by atoms with Crippen molar-refractivity contribution in [3.63, 3.8) is 0 Å². The topological polar surface area (TPSA) is 97.4 Å². The zero-order chi connectivity index (χ0) is 36.1. The number of rotatable bonds is 14. The van der Waals surface area contributed by atoms with E-state index < -0.39 is 0 Å². The smallest absolute Gasteiger partial charge is 0.305 e. The highest BCUT2D eigenvalue weighted by Gasteiger charge is 2.43. The molecule has 2 fully saturated rings. The minimum atomic E-state index is -0.345. The normalized spacial score (nSPS) is 18.3. The van der Waals surface area contributed by atoms with Crippen molar-refractivity contribution in [2.45, 2.75) is 77.0 Å². The SMILES string of the molecule is COC(=O)CCCC(=O)N1C[C@H]2CC(c3ccc(OCCOc4cc(C)c(C)cc4Cl)cc3)=C(C(=O)N(Cc3ccccc3Cl)C3CC3)[C@@H](C1)N2. The van der Waals surface area contributed by atoms with Crippen molar-refractivity contribution >= 4 is 46.6 Å². The standard InChI is InChI=1S/C40H45Cl2N3O6/c1-25-19-34(42)36(20-26(25)2)51-18-17-50-31-15-11-27(12-16-31)32-21-29-23-44(37(46)9-6-10-38(47)49-3)24-35(43-29)39(32)40(48)45(30-13-14-30)22-28-7-4-5-8-33(28)41/h4-5,7-8,11-12,15-16,19-20,29-30,35,43H,6,9-10,13-14,17-18,21-24H2,1-3H3/t29-,35-/m1/s1. The van der Waals surface area contributed by atoms with E-state index in [0.29, 0.717) is 72.8 Å². The number of carbonyl (C=O) groups excluding carboxylic acids is 3. The third kappa shape index (κ3) is 9.07. The number of aryl methyl sites for hydroxylation is 2. The maximum Gasteiger partial charge on any atom is 0.305 e. The minimum absolute atomic E-state index is 0.0222. The van der Waals surface area contributed by atoms with Crippen LogP contribution in [0, 0.1) is 13.8 Å². The molecule has 3 aromatic carbocycles. The Balaban J connectivity index is 1.21. The van der Waals surface area contributed by atoms with Gasteiger partial charge in [-0.15, -0.1) is 0 Å². The summed E-state index contributed by atoms with van der Waals surface area (Å²) in [6, 6.07) is 19.1. The summed E-state index contributed by atoms with van der Waals surface area (Å²) in [7, 11) is 1.35. The van der Waals surface area contributed by atoms with E-state index in [0.717, 1.165) is 40.7 Å². The predicted octanol–water partition coefficient (Wildman–Crippen LogP) is 6.93. The third-order valence-electron chi connectivity index (χ3n) is 9.89. The maximum absolute atomic E-state index is 14.7. The van der Waals surface area contributed by atoms with Gasteiger partial charge < -0.3 is 29.3 Å². The van der Waals surface area contributed by atoms with Gasteiger partial charge in [0.2, 0.25) is 5.91 Å². The summed E-state index contributed by atoms with van der Waals surface area (Å²) in [6.07, 6.45) is 3.33. The molecule has 2 atom stereocenters. The van der Waals surface area contributed by atoms with Crippen LogP contribution in [0.5, 0.6) is 11.5 Å². The molecular weight excluding hydrogens is 689 g/mol. The number of hydrogen-bond acceptors (Lipinski definition) is 7. The molecule has 0 radical (unpaired) electrons. The molecule has 11 heteroatoms. The average Bonchev–Trinajstić information content (AvgIpc) is 3.97. The number of ether oxygens (including phenoxy) is 3. The zero-order valence-corrected chi connectivity index (χ0v) is 30.9. The Bertz CT molecular complexity index is 1790. The molecule has 51 heavy (non-hydrogen) atoms. The van der Waals surface area contributed by atoms with Crippen LogP contribution in [0.15, 0.2) is 66.2 Å². The number of carbonyl (C=O) groups is 3. The molecule has 9 nitrogen and oxygen atoms in total. The molecule has 270 valence electrons. The highest BCUT2D eigenvalue weighted by atomic mass is 35.5. The van der Waals surface area contributed by atoms with Crippen molar-refractivity contribution in [1.82, 2.24) is 15.1 Å². The molecule has 3 aromatic rings. The van der Waals surface area contributed by atoms with Crippen LogP contribution in [-0.4, -0.2) is 79.1 Å². The number of methoxy groups -OCH3 is 1. The quantitative estimate of drug-likeness (QED) is 0.142. The van der Waals surface area contributed by atoms with Gasteiger partial charge in [-0.2, -0.15) is 0 Å². The molecule has 0 unspecified atom stereocenters. The van der Waals surface area contributed by atoms with E-state index in [2.05, 4.69) is 5.32 Å². The van der Waals surface area contributed by atoms with E-state index in [1.165, 1.54) is 7.11 Å². The Morgan fingerprint density at radius 3 is 2.35 bits per heavy atom. The lowest BCUT2D eigenvalue weighted by molar-refractivity contribution is -0.141. The Morgan fingerprint density at radius 1 is 0.902 bits per heavy atom. The molecule has 1 saturated heterocycles. The molecule has 3 aliphatic rings. The van der Waals surface area contributed by atoms with Crippen LogP contribution in [-0.2, 0) is 25.7 Å². The molecule has 6 rings (SSSR count). The van der Waals surface area contributed by atoms with Gasteiger partial charge in [-0.05, 0) is 97.7 Å². The van der Waals surface area contributed by atoms with Crippen LogP contribution in [0.4, 0.5) is 0 Å². The van der Waals surface area contributed by atoms with Crippen LogP contribution in [0.3, 0.4) is 0 Å². The summed E-state index contributed by atoms with van der Waals surface area (Å²) in [4.78, 5) is 43.5. The number of hydrogen-bond donors (Lipinski definition) is 1. The summed E-state index contributed by atoms with van der Waals surface area (Å²) >= 11 is 12.9. The molecule has 2 amide bonds. The second-order valence-electron chi connectivity index (χ2n) is 13.6. The van der Waals surface area contributed by atoms with Crippen LogP contribution in [0.2, 0.25) is 10.0 Å². The van der Waals surface area contributed by atoms with Crippen LogP contribution in [0.1, 0.15) is 60.8 Å². The fourth-order valence-electron chi connectivity index (χ4n) is 6.86. The summed E-state index contributed by atoms with van der Waals surface area (Å²) in [6.45, 7) is 6.02. The molecule has 1 N–H and O–H groups in total. The minimum Gasteiger partial charge on any atom is -0.490 e. The van der Waals surface area contributed by atoms with Crippen LogP contribution in [0.25, 0.3) is 5.57 Å². The number of halogens is 2. The third-order valence-corrected chi connectivity index (χ3v) is 10.6. The molecule has 1 saturated carbocycles. The number of esters is 1. The van der Waals surface area contributed by atoms with E-state index in [9.17, 15) is 14.4 Å².